The molecule has 3 amide bonds. The van der Waals surface area contributed by atoms with Crippen molar-refractivity contribution in [3.8, 4) is 5.69 Å². The molecule has 1 aliphatic heterocycles. The Morgan fingerprint density at radius 1 is 0.889 bits per heavy atom. The van der Waals surface area contributed by atoms with E-state index in [9.17, 15) is 9.59 Å². The Morgan fingerprint density at radius 3 is 2.39 bits per heavy atom. The van der Waals surface area contributed by atoms with Crippen LogP contribution in [0.3, 0.4) is 0 Å². The molecule has 1 aromatic heterocycles. The van der Waals surface area contributed by atoms with E-state index in [1.165, 1.54) is 0 Å². The fourth-order valence-corrected chi connectivity index (χ4v) is 5.14. The minimum atomic E-state index is -0.376. The molecule has 180 valence electrons. The average Bonchev–Trinajstić information content (AvgIpc) is 3.62. The second kappa shape index (κ2) is 9.21. The van der Waals surface area contributed by atoms with Gasteiger partial charge in [0.25, 0.3) is 0 Å². The Labute approximate surface area is 214 Å². The van der Waals surface area contributed by atoms with Gasteiger partial charge < -0.3 is 14.8 Å². The molecule has 3 aromatic carbocycles. The molecule has 4 aromatic rings. The number of halogens is 1. The zero-order valence-corrected chi connectivity index (χ0v) is 20.3. The highest BCUT2D eigenvalue weighted by Crippen LogP contribution is 2.43. The topological polar surface area (TPSA) is 57.6 Å². The highest BCUT2D eigenvalue weighted by atomic mass is 35.5. The number of nitrogens with one attached hydrogen (secondary N) is 1. The first-order chi connectivity index (χ1) is 17.6. The highest BCUT2D eigenvalue weighted by Gasteiger charge is 2.40. The molecule has 1 N–H and O–H groups in total. The lowest BCUT2D eigenvalue weighted by molar-refractivity contribution is -0.119. The number of aromatic nitrogens is 1. The number of rotatable bonds is 5. The number of carbonyl (C=O) groups excluding carboxylic acids is 2. The molecule has 6 nitrogen and oxygen atoms in total. The second-order valence-electron chi connectivity index (χ2n) is 9.17. The summed E-state index contributed by atoms with van der Waals surface area (Å²) in [5, 5.41) is 3.56. The van der Waals surface area contributed by atoms with Crippen LogP contribution in [0.1, 0.15) is 30.1 Å². The minimum Gasteiger partial charge on any atom is -0.316 e. The van der Waals surface area contributed by atoms with Crippen molar-refractivity contribution in [1.29, 1.82) is 0 Å². The van der Waals surface area contributed by atoms with E-state index >= 15 is 0 Å². The summed E-state index contributed by atoms with van der Waals surface area (Å²) < 4.78 is 2.12. The summed E-state index contributed by atoms with van der Waals surface area (Å²) in [6.07, 6.45) is 3.80. The predicted molar refractivity (Wildman–Crippen MR) is 142 cm³/mol. The summed E-state index contributed by atoms with van der Waals surface area (Å²) in [6.45, 7) is -0.0184. The van der Waals surface area contributed by atoms with Crippen molar-refractivity contribution in [2.24, 2.45) is 0 Å². The van der Waals surface area contributed by atoms with Crippen LogP contribution in [0.4, 0.5) is 16.2 Å². The fourth-order valence-electron chi connectivity index (χ4n) is 4.95. The van der Waals surface area contributed by atoms with E-state index < -0.39 is 0 Å². The van der Waals surface area contributed by atoms with Gasteiger partial charge in [0, 0.05) is 22.9 Å². The van der Waals surface area contributed by atoms with Crippen LogP contribution in [0.15, 0.2) is 97.2 Å². The van der Waals surface area contributed by atoms with Gasteiger partial charge in [0.15, 0.2) is 0 Å². The van der Waals surface area contributed by atoms with Gasteiger partial charge in [0.2, 0.25) is 5.91 Å². The Balaban J connectivity index is 1.37. The maximum absolute atomic E-state index is 14.1. The number of anilines is 2. The molecule has 2 heterocycles. The van der Waals surface area contributed by atoms with Crippen molar-refractivity contribution in [1.82, 2.24) is 9.47 Å². The van der Waals surface area contributed by atoms with E-state index in [0.717, 1.165) is 35.5 Å². The van der Waals surface area contributed by atoms with Crippen LogP contribution in [0.2, 0.25) is 5.02 Å². The lowest BCUT2D eigenvalue weighted by Crippen LogP contribution is -2.48. The molecule has 1 atom stereocenters. The zero-order chi connectivity index (χ0) is 24.6. The third kappa shape index (κ3) is 4.14. The fraction of sp³-hybridized carbons (Fsp3) is 0.172. The Bertz CT molecular complexity index is 1430. The third-order valence-electron chi connectivity index (χ3n) is 6.73. The number of para-hydroxylation sites is 3. The third-order valence-corrected chi connectivity index (χ3v) is 6.97. The number of hydrogen-bond acceptors (Lipinski definition) is 2. The lowest BCUT2D eigenvalue weighted by atomic mass is 9.97. The molecule has 0 saturated heterocycles. The number of carbonyl (C=O) groups is 2. The normalized spacial score (nSPS) is 16.1. The zero-order valence-electron chi connectivity index (χ0n) is 19.5. The molecule has 7 heteroatoms. The first-order valence-electron chi connectivity index (χ1n) is 12.1. The van der Waals surface area contributed by atoms with Gasteiger partial charge in [-0.1, -0.05) is 54.1 Å². The molecule has 0 spiro atoms. The molecular formula is C29H25ClN4O2. The van der Waals surface area contributed by atoms with Crippen LogP contribution in [0.5, 0.6) is 0 Å². The number of nitrogens with zero attached hydrogens (tertiary/aromatic N) is 3. The second-order valence-corrected chi connectivity index (χ2v) is 9.60. The maximum atomic E-state index is 14.1. The van der Waals surface area contributed by atoms with Crippen molar-refractivity contribution < 1.29 is 9.59 Å². The van der Waals surface area contributed by atoms with Gasteiger partial charge in [0.1, 0.15) is 12.6 Å². The van der Waals surface area contributed by atoms with Gasteiger partial charge in [-0.05, 0) is 66.9 Å². The number of fused-ring (bicyclic) bond motifs is 3. The van der Waals surface area contributed by atoms with Gasteiger partial charge in [-0.15, -0.1) is 0 Å². The summed E-state index contributed by atoms with van der Waals surface area (Å²) in [4.78, 5) is 30.8. The van der Waals surface area contributed by atoms with Crippen LogP contribution in [0.25, 0.3) is 5.69 Å². The molecule has 1 aliphatic carbocycles. The number of benzene rings is 3. The quantitative estimate of drug-likeness (QED) is 0.354. The molecule has 1 saturated carbocycles. The molecule has 6 rings (SSSR count). The maximum Gasteiger partial charge on any atom is 0.322 e. The standard InChI is InChI=1S/C29H25ClN4O2/c30-21-9-6-8-20(18-21)28-26-14-7-17-32(26)24-12-4-5-13-25(24)34(28)27(35)19-33(23-15-16-23)29(36)31-22-10-2-1-3-11-22/h1-14,17-18,23,28H,15-16,19H2,(H,31,36). The van der Waals surface area contributed by atoms with E-state index in [0.29, 0.717) is 10.7 Å². The first-order valence-corrected chi connectivity index (χ1v) is 12.4. The van der Waals surface area contributed by atoms with E-state index in [4.69, 9.17) is 11.6 Å². The van der Waals surface area contributed by atoms with Crippen LogP contribution < -0.4 is 10.2 Å². The summed E-state index contributed by atoms with van der Waals surface area (Å²) in [7, 11) is 0. The largest absolute Gasteiger partial charge is 0.322 e. The molecule has 36 heavy (non-hydrogen) atoms. The average molecular weight is 497 g/mol. The van der Waals surface area contributed by atoms with Crippen molar-refractivity contribution in [2.75, 3.05) is 16.8 Å². The molecular weight excluding hydrogens is 472 g/mol. The SMILES string of the molecule is O=C(Nc1ccccc1)N(CC(=O)N1c2ccccc2-n2cccc2C1c1cccc(Cl)c1)C1CC1. The molecule has 0 bridgehead atoms. The van der Waals surface area contributed by atoms with Gasteiger partial charge in [-0.3, -0.25) is 9.69 Å². The Hall–Kier alpha value is -4.03. The summed E-state index contributed by atoms with van der Waals surface area (Å²) in [5.74, 6) is -0.144. The smallest absolute Gasteiger partial charge is 0.316 e. The number of hydrogen-bond donors (Lipinski definition) is 1. The highest BCUT2D eigenvalue weighted by molar-refractivity contribution is 6.30. The van der Waals surface area contributed by atoms with E-state index in [1.807, 2.05) is 102 Å². The summed E-state index contributed by atoms with van der Waals surface area (Å²) in [6, 6.07) is 28.3. The Morgan fingerprint density at radius 2 is 1.64 bits per heavy atom. The van der Waals surface area contributed by atoms with Gasteiger partial charge >= 0.3 is 6.03 Å². The summed E-state index contributed by atoms with van der Waals surface area (Å²) >= 11 is 6.37. The van der Waals surface area contributed by atoms with Gasteiger partial charge in [0.05, 0.1) is 17.1 Å². The van der Waals surface area contributed by atoms with E-state index in [1.54, 1.807) is 4.90 Å². The van der Waals surface area contributed by atoms with Crippen LogP contribution in [-0.2, 0) is 4.79 Å². The minimum absolute atomic E-state index is 0.0184. The monoisotopic (exact) mass is 496 g/mol. The molecule has 2 aliphatic rings. The van der Waals surface area contributed by atoms with Crippen LogP contribution in [0, 0.1) is 0 Å². The number of amides is 3. The molecule has 1 fully saturated rings. The van der Waals surface area contributed by atoms with E-state index in [2.05, 4.69) is 9.88 Å². The van der Waals surface area contributed by atoms with Gasteiger partial charge in [-0.25, -0.2) is 4.79 Å². The molecule has 0 radical (unpaired) electrons. The Kier molecular flexibility index (Phi) is 5.74. The van der Waals surface area contributed by atoms with Crippen LogP contribution in [-0.4, -0.2) is 34.0 Å². The molecule has 1 unspecified atom stereocenters. The summed E-state index contributed by atoms with van der Waals surface area (Å²) in [5.41, 5.74) is 4.32. The van der Waals surface area contributed by atoms with Crippen LogP contribution >= 0.6 is 11.6 Å². The van der Waals surface area contributed by atoms with Crippen molar-refractivity contribution in [2.45, 2.75) is 24.9 Å². The first kappa shape index (κ1) is 22.4. The van der Waals surface area contributed by atoms with E-state index in [-0.39, 0.29) is 30.6 Å². The number of urea groups is 1. The van der Waals surface area contributed by atoms with Crippen molar-refractivity contribution in [3.63, 3.8) is 0 Å². The predicted octanol–water partition coefficient (Wildman–Crippen LogP) is 6.26. The van der Waals surface area contributed by atoms with Gasteiger partial charge in [-0.2, -0.15) is 0 Å². The van der Waals surface area contributed by atoms with Crippen molar-refractivity contribution in [3.05, 3.63) is 113 Å². The van der Waals surface area contributed by atoms with Crippen molar-refractivity contribution >= 4 is 34.9 Å². The lowest BCUT2D eigenvalue weighted by Gasteiger charge is -2.39.